The number of carbonyl (C=O) groups is 1. The third-order valence-electron chi connectivity index (χ3n) is 3.87. The number of halogens is 5. The summed E-state index contributed by atoms with van der Waals surface area (Å²) in [6, 6.07) is 5.51. The highest BCUT2D eigenvalue weighted by atomic mass is 35.5. The minimum Gasteiger partial charge on any atom is -0.306 e. The van der Waals surface area contributed by atoms with E-state index in [1.807, 2.05) is 0 Å². The van der Waals surface area contributed by atoms with Crippen molar-refractivity contribution in [3.63, 3.8) is 0 Å². The van der Waals surface area contributed by atoms with Crippen LogP contribution in [0.15, 0.2) is 30.5 Å². The zero-order valence-electron chi connectivity index (χ0n) is 14.5. The maximum absolute atomic E-state index is 13.9. The molecule has 0 saturated carbocycles. The van der Waals surface area contributed by atoms with Gasteiger partial charge in [-0.25, -0.2) is 13.2 Å². The molecule has 0 fully saturated rings. The van der Waals surface area contributed by atoms with Crippen LogP contribution in [0.25, 0.3) is 0 Å². The summed E-state index contributed by atoms with van der Waals surface area (Å²) in [6.45, 7) is 1.28. The van der Waals surface area contributed by atoms with Crippen LogP contribution in [0.3, 0.4) is 0 Å². The lowest BCUT2D eigenvalue weighted by Crippen LogP contribution is -2.21. The molecule has 1 amide bonds. The predicted octanol–water partition coefficient (Wildman–Crippen LogP) is 4.46. The molecule has 0 unspecified atom stereocenters. The second kappa shape index (κ2) is 8.24. The van der Waals surface area contributed by atoms with E-state index in [2.05, 4.69) is 15.5 Å². The lowest BCUT2D eigenvalue weighted by atomic mass is 10.2. The van der Waals surface area contributed by atoms with E-state index in [-0.39, 0.29) is 34.5 Å². The topological polar surface area (TPSA) is 64.7 Å². The van der Waals surface area contributed by atoms with E-state index >= 15 is 0 Å². The minimum absolute atomic E-state index is 0.0110. The number of amides is 1. The van der Waals surface area contributed by atoms with E-state index in [9.17, 15) is 18.0 Å². The van der Waals surface area contributed by atoms with Crippen LogP contribution in [0.1, 0.15) is 23.4 Å². The van der Waals surface area contributed by atoms with Crippen LogP contribution in [0, 0.1) is 12.7 Å². The molecule has 0 spiro atoms. The third kappa shape index (κ3) is 4.48. The number of aromatic nitrogens is 4. The fourth-order valence-electron chi connectivity index (χ4n) is 2.52. The van der Waals surface area contributed by atoms with Gasteiger partial charge < -0.3 is 5.32 Å². The first-order valence-corrected chi connectivity index (χ1v) is 8.78. The Bertz CT molecular complexity index is 998. The van der Waals surface area contributed by atoms with Crippen LogP contribution < -0.4 is 5.32 Å². The van der Waals surface area contributed by atoms with Gasteiger partial charge in [0.15, 0.2) is 5.82 Å². The maximum Gasteiger partial charge on any atom is 0.282 e. The average molecular weight is 432 g/mol. The number of benzene rings is 1. The predicted molar refractivity (Wildman–Crippen MR) is 98.3 cm³/mol. The molecule has 2 aromatic heterocycles. The summed E-state index contributed by atoms with van der Waals surface area (Å²) >= 11 is 12.1. The van der Waals surface area contributed by atoms with Crippen molar-refractivity contribution < 1.29 is 18.0 Å². The van der Waals surface area contributed by atoms with Crippen LogP contribution in [-0.4, -0.2) is 25.5 Å². The van der Waals surface area contributed by atoms with Crippen molar-refractivity contribution in [3.05, 3.63) is 63.3 Å². The molecule has 1 aromatic carbocycles. The Kier molecular flexibility index (Phi) is 5.95. The van der Waals surface area contributed by atoms with Crippen molar-refractivity contribution in [1.82, 2.24) is 19.6 Å². The lowest BCUT2D eigenvalue weighted by molar-refractivity contribution is -0.117. The average Bonchev–Trinajstić information content (AvgIpc) is 3.14. The summed E-state index contributed by atoms with van der Waals surface area (Å²) in [6.07, 6.45) is -1.31. The molecule has 11 heteroatoms. The van der Waals surface area contributed by atoms with Crippen molar-refractivity contribution >= 4 is 34.9 Å². The molecule has 3 rings (SSSR count). The van der Waals surface area contributed by atoms with Gasteiger partial charge in [0.25, 0.3) is 6.43 Å². The number of nitrogens with one attached hydrogen (secondary N) is 1. The molecule has 0 bridgehead atoms. The molecule has 2 heterocycles. The van der Waals surface area contributed by atoms with Gasteiger partial charge in [-0.05, 0) is 25.1 Å². The second-order valence-corrected chi connectivity index (χ2v) is 6.75. The van der Waals surface area contributed by atoms with E-state index < -0.39 is 23.8 Å². The van der Waals surface area contributed by atoms with Crippen molar-refractivity contribution in [2.24, 2.45) is 0 Å². The Morgan fingerprint density at radius 3 is 2.64 bits per heavy atom. The van der Waals surface area contributed by atoms with Crippen LogP contribution in [0.5, 0.6) is 0 Å². The largest absolute Gasteiger partial charge is 0.306 e. The molecule has 148 valence electrons. The SMILES string of the molecule is Cc1cc(C(F)F)nn1CC(=O)Nc1nn(Cc2c(F)cccc2Cl)cc1Cl. The van der Waals surface area contributed by atoms with Gasteiger partial charge in [0.05, 0.1) is 6.54 Å². The number of carbonyl (C=O) groups excluding carboxylic acids is 1. The Morgan fingerprint density at radius 1 is 1.25 bits per heavy atom. The number of hydrogen-bond donors (Lipinski definition) is 1. The Hall–Kier alpha value is -2.52. The summed E-state index contributed by atoms with van der Waals surface area (Å²) in [5, 5.41) is 10.6. The van der Waals surface area contributed by atoms with Gasteiger partial charge in [-0.1, -0.05) is 29.3 Å². The summed E-state index contributed by atoms with van der Waals surface area (Å²) in [5.74, 6) is -0.991. The van der Waals surface area contributed by atoms with Gasteiger partial charge in [-0.15, -0.1) is 0 Å². The fourth-order valence-corrected chi connectivity index (χ4v) is 2.94. The third-order valence-corrected chi connectivity index (χ3v) is 4.50. The molecule has 0 aliphatic rings. The van der Waals surface area contributed by atoms with Crippen LogP contribution in [0.4, 0.5) is 19.0 Å². The monoisotopic (exact) mass is 431 g/mol. The molecule has 1 N–H and O–H groups in total. The van der Waals surface area contributed by atoms with Gasteiger partial charge >= 0.3 is 0 Å². The Balaban J connectivity index is 1.70. The van der Waals surface area contributed by atoms with Crippen molar-refractivity contribution in [1.29, 1.82) is 0 Å². The summed E-state index contributed by atoms with van der Waals surface area (Å²) < 4.78 is 41.8. The van der Waals surface area contributed by atoms with E-state index in [1.54, 1.807) is 13.0 Å². The molecule has 0 aliphatic heterocycles. The molecule has 0 aliphatic carbocycles. The molecule has 0 atom stereocenters. The highest BCUT2D eigenvalue weighted by molar-refractivity contribution is 6.33. The zero-order chi connectivity index (χ0) is 20.4. The standard InChI is InChI=1S/C17H14Cl2F3N5O/c1-9-5-14(16(21)22)24-27(9)8-15(28)23-17-12(19)7-26(25-17)6-10-11(18)3-2-4-13(10)20/h2-5,7,16H,6,8H2,1H3,(H,23,25,28). The van der Waals surface area contributed by atoms with E-state index in [0.29, 0.717) is 5.69 Å². The molecule has 0 radical (unpaired) electrons. The van der Waals surface area contributed by atoms with E-state index in [0.717, 1.165) is 4.68 Å². The highest BCUT2D eigenvalue weighted by Gasteiger charge is 2.17. The Morgan fingerprint density at radius 2 is 2.00 bits per heavy atom. The quantitative estimate of drug-likeness (QED) is 0.626. The van der Waals surface area contributed by atoms with Gasteiger partial charge in [-0.3, -0.25) is 14.2 Å². The van der Waals surface area contributed by atoms with Crippen molar-refractivity contribution in [2.45, 2.75) is 26.4 Å². The van der Waals surface area contributed by atoms with E-state index in [4.69, 9.17) is 23.2 Å². The molecule has 3 aromatic rings. The van der Waals surface area contributed by atoms with Crippen LogP contribution >= 0.6 is 23.2 Å². The molecule has 0 saturated heterocycles. The first kappa shape index (κ1) is 20.2. The van der Waals surface area contributed by atoms with Crippen molar-refractivity contribution in [2.75, 3.05) is 5.32 Å². The summed E-state index contributed by atoms with van der Waals surface area (Å²) in [7, 11) is 0. The molecular formula is C17H14Cl2F3N5O. The maximum atomic E-state index is 13.9. The summed E-state index contributed by atoms with van der Waals surface area (Å²) in [4.78, 5) is 12.2. The first-order valence-electron chi connectivity index (χ1n) is 8.02. The number of rotatable bonds is 6. The first-order chi connectivity index (χ1) is 13.2. The van der Waals surface area contributed by atoms with Crippen LogP contribution in [-0.2, 0) is 17.9 Å². The number of hydrogen-bond acceptors (Lipinski definition) is 3. The molecular weight excluding hydrogens is 418 g/mol. The van der Waals surface area contributed by atoms with Gasteiger partial charge in [-0.2, -0.15) is 10.2 Å². The number of aryl methyl sites for hydroxylation is 1. The van der Waals surface area contributed by atoms with Gasteiger partial charge in [0, 0.05) is 22.5 Å². The number of nitrogens with zero attached hydrogens (tertiary/aromatic N) is 4. The number of anilines is 1. The molecule has 6 nitrogen and oxygen atoms in total. The fraction of sp³-hybridized carbons (Fsp3) is 0.235. The second-order valence-electron chi connectivity index (χ2n) is 5.94. The highest BCUT2D eigenvalue weighted by Crippen LogP contribution is 2.24. The summed E-state index contributed by atoms with van der Waals surface area (Å²) in [5.41, 5.74) is 0.235. The Labute approximate surface area is 167 Å². The van der Waals surface area contributed by atoms with Crippen LogP contribution in [0.2, 0.25) is 10.0 Å². The smallest absolute Gasteiger partial charge is 0.282 e. The minimum atomic E-state index is -2.72. The van der Waals surface area contributed by atoms with E-state index in [1.165, 1.54) is 29.1 Å². The normalized spacial score (nSPS) is 11.2. The van der Waals surface area contributed by atoms with Gasteiger partial charge in [0.2, 0.25) is 5.91 Å². The van der Waals surface area contributed by atoms with Crippen molar-refractivity contribution in [3.8, 4) is 0 Å². The number of alkyl halides is 2. The lowest BCUT2D eigenvalue weighted by Gasteiger charge is -2.06. The molecule has 28 heavy (non-hydrogen) atoms. The van der Waals surface area contributed by atoms with Gasteiger partial charge in [0.1, 0.15) is 23.1 Å². The zero-order valence-corrected chi connectivity index (χ0v) is 16.0.